The number of rotatable bonds is 6. The van der Waals surface area contributed by atoms with Crippen LogP contribution in [0.3, 0.4) is 0 Å². The number of hydrogen-bond donors (Lipinski definition) is 1. The lowest BCUT2D eigenvalue weighted by atomic mass is 9.96. The Labute approximate surface area is 162 Å². The Bertz CT molecular complexity index is 935. The molecule has 0 fully saturated rings. The molecule has 0 unspecified atom stereocenters. The van der Waals surface area contributed by atoms with Gasteiger partial charge in [-0.25, -0.2) is 8.42 Å². The van der Waals surface area contributed by atoms with Gasteiger partial charge < -0.3 is 5.32 Å². The number of aryl methyl sites for hydroxylation is 4. The molecule has 0 saturated carbocycles. The number of benzene rings is 2. The monoisotopic (exact) mass is 388 g/mol. The summed E-state index contributed by atoms with van der Waals surface area (Å²) in [5.74, 6) is -0.342. The van der Waals surface area contributed by atoms with Gasteiger partial charge in [-0.05, 0) is 69.0 Å². The molecule has 5 nitrogen and oxygen atoms in total. The highest BCUT2D eigenvalue weighted by molar-refractivity contribution is 7.92. The van der Waals surface area contributed by atoms with Crippen LogP contribution in [0.5, 0.6) is 0 Å². The minimum absolute atomic E-state index is 0.212. The molecule has 2 aromatic rings. The molecule has 0 aromatic heterocycles. The number of amides is 1. The van der Waals surface area contributed by atoms with E-state index in [4.69, 9.17) is 0 Å². The van der Waals surface area contributed by atoms with E-state index >= 15 is 0 Å². The predicted octanol–water partition coefficient (Wildman–Crippen LogP) is 3.56. The molecule has 0 aliphatic heterocycles. The van der Waals surface area contributed by atoms with Gasteiger partial charge in [0.2, 0.25) is 15.9 Å². The summed E-state index contributed by atoms with van der Waals surface area (Å²) in [7, 11) is -3.57. The molecule has 27 heavy (non-hydrogen) atoms. The molecule has 1 atom stereocenters. The number of sulfonamides is 1. The Balaban J connectivity index is 2.19. The minimum atomic E-state index is -3.57. The predicted molar refractivity (Wildman–Crippen MR) is 111 cm³/mol. The van der Waals surface area contributed by atoms with Crippen LogP contribution in [0.4, 0.5) is 5.69 Å². The lowest BCUT2D eigenvalue weighted by Crippen LogP contribution is -2.41. The molecule has 0 saturated heterocycles. The van der Waals surface area contributed by atoms with Crippen LogP contribution < -0.4 is 9.62 Å². The quantitative estimate of drug-likeness (QED) is 0.823. The third kappa shape index (κ3) is 5.32. The smallest absolute Gasteiger partial charge is 0.241 e. The van der Waals surface area contributed by atoms with Gasteiger partial charge in [0, 0.05) is 0 Å². The zero-order chi connectivity index (χ0) is 20.4. The third-order valence-electron chi connectivity index (χ3n) is 4.74. The van der Waals surface area contributed by atoms with Crippen molar-refractivity contribution in [2.24, 2.45) is 0 Å². The van der Waals surface area contributed by atoms with Gasteiger partial charge in [0.15, 0.2) is 0 Å². The topological polar surface area (TPSA) is 66.5 Å². The average molecular weight is 389 g/mol. The highest BCUT2D eigenvalue weighted by atomic mass is 32.2. The molecule has 0 bridgehead atoms. The third-order valence-corrected chi connectivity index (χ3v) is 5.88. The van der Waals surface area contributed by atoms with Crippen molar-refractivity contribution in [2.45, 2.75) is 40.7 Å². The van der Waals surface area contributed by atoms with E-state index in [1.165, 1.54) is 5.56 Å². The summed E-state index contributed by atoms with van der Waals surface area (Å²) in [6.07, 6.45) is 1.11. The Morgan fingerprint density at radius 3 is 2.11 bits per heavy atom. The van der Waals surface area contributed by atoms with Crippen molar-refractivity contribution in [3.05, 3.63) is 64.2 Å². The van der Waals surface area contributed by atoms with Crippen molar-refractivity contribution >= 4 is 21.6 Å². The molecule has 1 N–H and O–H groups in total. The number of nitrogens with zero attached hydrogens (tertiary/aromatic N) is 1. The molecule has 0 aliphatic carbocycles. The van der Waals surface area contributed by atoms with Crippen molar-refractivity contribution in [2.75, 3.05) is 17.1 Å². The van der Waals surface area contributed by atoms with E-state index in [2.05, 4.69) is 24.4 Å². The molecular weight excluding hydrogens is 360 g/mol. The second-order valence-electron chi connectivity index (χ2n) is 7.19. The fraction of sp³-hybridized carbons (Fsp3) is 0.381. The van der Waals surface area contributed by atoms with E-state index in [0.29, 0.717) is 5.69 Å². The molecule has 146 valence electrons. The molecule has 0 heterocycles. The maximum absolute atomic E-state index is 12.6. The lowest BCUT2D eigenvalue weighted by Gasteiger charge is -2.24. The summed E-state index contributed by atoms with van der Waals surface area (Å²) >= 11 is 0. The maximum Gasteiger partial charge on any atom is 0.241 e. The number of anilines is 1. The Hall–Kier alpha value is -2.34. The summed E-state index contributed by atoms with van der Waals surface area (Å²) in [4.78, 5) is 12.6. The van der Waals surface area contributed by atoms with Crippen LogP contribution in [0.15, 0.2) is 36.4 Å². The molecular formula is C21H28N2O3S. The standard InChI is InChI=1S/C21H28N2O3S/c1-14-7-9-19(10-8-14)23(27(6,25)26)13-21(24)22-18(5)20-12-16(3)15(2)11-17(20)4/h7-12,18H,13H2,1-6H3,(H,22,24)/t18-/m1/s1. The van der Waals surface area contributed by atoms with Gasteiger partial charge in [-0.15, -0.1) is 0 Å². The number of hydrogen-bond acceptors (Lipinski definition) is 3. The minimum Gasteiger partial charge on any atom is -0.348 e. The highest BCUT2D eigenvalue weighted by Gasteiger charge is 2.22. The van der Waals surface area contributed by atoms with E-state index in [9.17, 15) is 13.2 Å². The summed E-state index contributed by atoms with van der Waals surface area (Å²) in [6.45, 7) is 9.69. The van der Waals surface area contributed by atoms with Crippen LogP contribution >= 0.6 is 0 Å². The zero-order valence-corrected chi connectivity index (χ0v) is 17.6. The van der Waals surface area contributed by atoms with Crippen molar-refractivity contribution in [3.63, 3.8) is 0 Å². The first-order chi connectivity index (χ1) is 12.5. The summed E-state index contributed by atoms with van der Waals surface area (Å²) in [5.41, 5.74) is 6.01. The second kappa shape index (κ2) is 8.13. The highest BCUT2D eigenvalue weighted by Crippen LogP contribution is 2.22. The normalized spacial score (nSPS) is 12.5. The van der Waals surface area contributed by atoms with Gasteiger partial charge >= 0.3 is 0 Å². The van der Waals surface area contributed by atoms with Crippen molar-refractivity contribution in [1.82, 2.24) is 5.32 Å². The van der Waals surface area contributed by atoms with Crippen LogP contribution in [0.25, 0.3) is 0 Å². The molecule has 0 radical (unpaired) electrons. The zero-order valence-electron chi connectivity index (χ0n) is 16.8. The second-order valence-corrected chi connectivity index (χ2v) is 9.09. The summed E-state index contributed by atoms with van der Waals surface area (Å²) in [5, 5.41) is 2.92. The van der Waals surface area contributed by atoms with E-state index in [0.717, 1.165) is 32.8 Å². The molecule has 0 spiro atoms. The fourth-order valence-electron chi connectivity index (χ4n) is 3.06. The lowest BCUT2D eigenvalue weighted by molar-refractivity contribution is -0.120. The average Bonchev–Trinajstić information content (AvgIpc) is 2.56. The summed E-state index contributed by atoms with van der Waals surface area (Å²) < 4.78 is 25.5. The molecule has 2 aromatic carbocycles. The molecule has 0 aliphatic rings. The van der Waals surface area contributed by atoms with Crippen molar-refractivity contribution in [1.29, 1.82) is 0 Å². The van der Waals surface area contributed by atoms with Crippen LogP contribution in [0.2, 0.25) is 0 Å². The first-order valence-corrected chi connectivity index (χ1v) is 10.8. The largest absolute Gasteiger partial charge is 0.348 e. The van der Waals surface area contributed by atoms with Crippen molar-refractivity contribution in [3.8, 4) is 0 Å². The van der Waals surface area contributed by atoms with Crippen molar-refractivity contribution < 1.29 is 13.2 Å². The van der Waals surface area contributed by atoms with Gasteiger partial charge in [0.1, 0.15) is 6.54 Å². The first kappa shape index (κ1) is 21.0. The van der Waals surface area contributed by atoms with Gasteiger partial charge in [0.05, 0.1) is 18.0 Å². The van der Waals surface area contributed by atoms with Gasteiger partial charge in [-0.1, -0.05) is 29.8 Å². The van der Waals surface area contributed by atoms with E-state index < -0.39 is 10.0 Å². The molecule has 1 amide bonds. The van der Waals surface area contributed by atoms with Gasteiger partial charge in [0.25, 0.3) is 0 Å². The first-order valence-electron chi connectivity index (χ1n) is 8.90. The Morgan fingerprint density at radius 1 is 1.00 bits per heavy atom. The van der Waals surface area contributed by atoms with E-state index in [-0.39, 0.29) is 18.5 Å². The van der Waals surface area contributed by atoms with Gasteiger partial charge in [-0.3, -0.25) is 9.10 Å². The van der Waals surface area contributed by atoms with Crippen LogP contribution in [0.1, 0.15) is 40.8 Å². The summed E-state index contributed by atoms with van der Waals surface area (Å²) in [6, 6.07) is 11.0. The number of nitrogens with one attached hydrogen (secondary N) is 1. The fourth-order valence-corrected chi connectivity index (χ4v) is 3.91. The Kier molecular flexibility index (Phi) is 6.31. The maximum atomic E-state index is 12.6. The number of carbonyl (C=O) groups excluding carboxylic acids is 1. The van der Waals surface area contributed by atoms with Gasteiger partial charge in [-0.2, -0.15) is 0 Å². The van der Waals surface area contributed by atoms with Crippen LogP contribution in [-0.2, 0) is 14.8 Å². The molecule has 6 heteroatoms. The Morgan fingerprint density at radius 2 is 1.56 bits per heavy atom. The number of carbonyl (C=O) groups is 1. The van der Waals surface area contributed by atoms with Crippen LogP contribution in [0, 0.1) is 27.7 Å². The van der Waals surface area contributed by atoms with Crippen LogP contribution in [-0.4, -0.2) is 27.1 Å². The molecule has 2 rings (SSSR count). The van der Waals surface area contributed by atoms with E-state index in [1.807, 2.05) is 39.8 Å². The van der Waals surface area contributed by atoms with E-state index in [1.54, 1.807) is 12.1 Å². The SMILES string of the molecule is Cc1ccc(N(CC(=O)N[C@H](C)c2cc(C)c(C)cc2C)S(C)(=O)=O)cc1.